The van der Waals surface area contributed by atoms with Crippen LogP contribution in [0.1, 0.15) is 34.8 Å². The lowest BCUT2D eigenvalue weighted by molar-refractivity contribution is 0.0531. The fourth-order valence-electron chi connectivity index (χ4n) is 1.71. The highest BCUT2D eigenvalue weighted by Crippen LogP contribution is 2.23. The lowest BCUT2D eigenvalue weighted by atomic mass is 10.1. The van der Waals surface area contributed by atoms with E-state index in [0.717, 1.165) is 11.3 Å². The molecule has 0 aliphatic carbocycles. The minimum absolute atomic E-state index is 0.343. The first-order valence-electron chi connectivity index (χ1n) is 6.62. The first-order chi connectivity index (χ1) is 10.1. The van der Waals surface area contributed by atoms with Gasteiger partial charge in [-0.15, -0.1) is 0 Å². The molecule has 0 atom stereocenters. The second kappa shape index (κ2) is 6.99. The molecule has 21 heavy (non-hydrogen) atoms. The number of carbonyl (C=O) groups is 1. The van der Waals surface area contributed by atoms with Crippen molar-refractivity contribution in [2.45, 2.75) is 20.8 Å². The van der Waals surface area contributed by atoms with Crippen LogP contribution >= 0.6 is 11.3 Å². The molecule has 0 saturated heterocycles. The molecule has 6 heteroatoms. The number of benzene rings is 1. The number of anilines is 1. The van der Waals surface area contributed by atoms with Gasteiger partial charge in [-0.05, 0) is 26.3 Å². The van der Waals surface area contributed by atoms with Gasteiger partial charge in [0.1, 0.15) is 4.88 Å². The molecular formula is C15H17N3O2S. The van der Waals surface area contributed by atoms with E-state index in [2.05, 4.69) is 15.5 Å². The van der Waals surface area contributed by atoms with Gasteiger partial charge in [-0.25, -0.2) is 9.78 Å². The molecule has 0 fully saturated rings. The van der Waals surface area contributed by atoms with Gasteiger partial charge in [0.15, 0.2) is 0 Å². The Morgan fingerprint density at radius 2 is 2.10 bits per heavy atom. The molecule has 1 N–H and O–H groups in total. The second-order valence-electron chi connectivity index (χ2n) is 4.33. The van der Waals surface area contributed by atoms with Gasteiger partial charge >= 0.3 is 5.97 Å². The summed E-state index contributed by atoms with van der Waals surface area (Å²) in [7, 11) is 0. The van der Waals surface area contributed by atoms with Crippen LogP contribution in [0.25, 0.3) is 0 Å². The van der Waals surface area contributed by atoms with Crippen LogP contribution in [0.3, 0.4) is 0 Å². The van der Waals surface area contributed by atoms with E-state index >= 15 is 0 Å². The van der Waals surface area contributed by atoms with E-state index < -0.39 is 0 Å². The third-order valence-corrected chi connectivity index (χ3v) is 3.81. The Kier molecular flexibility index (Phi) is 5.05. The van der Waals surface area contributed by atoms with E-state index in [1.165, 1.54) is 11.3 Å². The van der Waals surface area contributed by atoms with E-state index in [1.807, 2.05) is 37.3 Å². The Hall–Kier alpha value is -2.21. The Labute approximate surface area is 127 Å². The molecule has 0 unspecified atom stereocenters. The normalized spacial score (nSPS) is 11.3. The van der Waals surface area contributed by atoms with Crippen LogP contribution in [0.15, 0.2) is 35.4 Å². The Bertz CT molecular complexity index is 650. The summed E-state index contributed by atoms with van der Waals surface area (Å²) in [6.45, 7) is 5.82. The fraction of sp³-hybridized carbons (Fsp3) is 0.267. The van der Waals surface area contributed by atoms with Crippen LogP contribution in [0.2, 0.25) is 0 Å². The van der Waals surface area contributed by atoms with E-state index in [9.17, 15) is 4.79 Å². The van der Waals surface area contributed by atoms with Crippen molar-refractivity contribution >= 4 is 28.1 Å². The molecule has 0 amide bonds. The number of nitrogens with zero attached hydrogens (tertiary/aromatic N) is 2. The molecule has 2 aromatic rings. The summed E-state index contributed by atoms with van der Waals surface area (Å²) in [5, 5.41) is 4.86. The standard InChI is InChI=1S/C15H17N3O2S/c1-4-20-14(19)13-11(3)16-15(21-13)18-17-10(2)12-8-6-5-7-9-12/h5-9H,4H2,1-3H3,(H,16,18)/b17-10-. The topological polar surface area (TPSA) is 63.6 Å². The third kappa shape index (κ3) is 3.88. The minimum Gasteiger partial charge on any atom is -0.462 e. The quantitative estimate of drug-likeness (QED) is 0.522. The molecule has 0 aliphatic rings. The van der Waals surface area contributed by atoms with Crippen LogP contribution in [0.5, 0.6) is 0 Å². The number of nitrogens with one attached hydrogen (secondary N) is 1. The molecule has 1 aromatic heterocycles. The SMILES string of the molecule is CCOC(=O)c1sc(N/N=C(/C)c2ccccc2)nc1C. The van der Waals surface area contributed by atoms with Crippen molar-refractivity contribution in [1.29, 1.82) is 0 Å². The highest BCUT2D eigenvalue weighted by atomic mass is 32.1. The zero-order valence-electron chi connectivity index (χ0n) is 12.2. The summed E-state index contributed by atoms with van der Waals surface area (Å²) >= 11 is 1.24. The maximum Gasteiger partial charge on any atom is 0.350 e. The summed E-state index contributed by atoms with van der Waals surface area (Å²) in [6.07, 6.45) is 0. The number of esters is 1. The lowest BCUT2D eigenvalue weighted by Gasteiger charge is -2.00. The number of carbonyl (C=O) groups excluding carboxylic acids is 1. The number of ether oxygens (including phenoxy) is 1. The van der Waals surface area contributed by atoms with Crippen LogP contribution in [0.4, 0.5) is 5.13 Å². The van der Waals surface area contributed by atoms with E-state index in [-0.39, 0.29) is 5.97 Å². The highest BCUT2D eigenvalue weighted by molar-refractivity contribution is 7.17. The number of hydrogen-bond acceptors (Lipinski definition) is 6. The molecule has 1 aromatic carbocycles. The predicted octanol–water partition coefficient (Wildman–Crippen LogP) is 3.46. The molecule has 0 aliphatic heterocycles. The van der Waals surface area contributed by atoms with Crippen LogP contribution in [0, 0.1) is 6.92 Å². The van der Waals surface area contributed by atoms with Crippen molar-refractivity contribution < 1.29 is 9.53 Å². The minimum atomic E-state index is -0.343. The zero-order chi connectivity index (χ0) is 15.2. The number of rotatable bonds is 5. The molecular weight excluding hydrogens is 286 g/mol. The summed E-state index contributed by atoms with van der Waals surface area (Å²) in [6, 6.07) is 9.84. The van der Waals surface area contributed by atoms with Crippen LogP contribution in [-0.4, -0.2) is 23.3 Å². The van der Waals surface area contributed by atoms with E-state index in [1.54, 1.807) is 13.8 Å². The van der Waals surface area contributed by atoms with Crippen molar-refractivity contribution in [2.24, 2.45) is 5.10 Å². The molecule has 0 saturated carbocycles. The number of hydrazone groups is 1. The Balaban J connectivity index is 2.10. The van der Waals surface area contributed by atoms with Crippen molar-refractivity contribution in [1.82, 2.24) is 4.98 Å². The van der Waals surface area contributed by atoms with Crippen molar-refractivity contribution in [2.75, 3.05) is 12.0 Å². The molecule has 5 nitrogen and oxygen atoms in total. The number of thiazole rings is 1. The molecule has 0 spiro atoms. The monoisotopic (exact) mass is 303 g/mol. The maximum atomic E-state index is 11.7. The second-order valence-corrected chi connectivity index (χ2v) is 5.33. The smallest absolute Gasteiger partial charge is 0.350 e. The van der Waals surface area contributed by atoms with E-state index in [0.29, 0.717) is 22.3 Å². The van der Waals surface area contributed by atoms with E-state index in [4.69, 9.17) is 4.74 Å². The van der Waals surface area contributed by atoms with Gasteiger partial charge in [0.05, 0.1) is 18.0 Å². The Morgan fingerprint density at radius 1 is 1.38 bits per heavy atom. The highest BCUT2D eigenvalue weighted by Gasteiger charge is 2.16. The average Bonchev–Trinajstić information content (AvgIpc) is 2.87. The van der Waals surface area contributed by atoms with Gasteiger partial charge in [-0.3, -0.25) is 5.43 Å². The first-order valence-corrected chi connectivity index (χ1v) is 7.43. The summed E-state index contributed by atoms with van der Waals surface area (Å²) < 4.78 is 4.98. The summed E-state index contributed by atoms with van der Waals surface area (Å²) in [5.41, 5.74) is 5.42. The molecule has 1 heterocycles. The van der Waals surface area contributed by atoms with Gasteiger partial charge in [-0.2, -0.15) is 5.10 Å². The molecule has 2 rings (SSSR count). The lowest BCUT2D eigenvalue weighted by Crippen LogP contribution is -2.03. The van der Waals surface area contributed by atoms with Crippen molar-refractivity contribution in [3.8, 4) is 0 Å². The zero-order valence-corrected chi connectivity index (χ0v) is 13.0. The third-order valence-electron chi connectivity index (χ3n) is 2.77. The van der Waals surface area contributed by atoms with Crippen LogP contribution < -0.4 is 5.43 Å². The summed E-state index contributed by atoms with van der Waals surface area (Å²) in [4.78, 5) is 16.5. The van der Waals surface area contributed by atoms with Crippen LogP contribution in [-0.2, 0) is 4.74 Å². The van der Waals surface area contributed by atoms with Crippen molar-refractivity contribution in [3.63, 3.8) is 0 Å². The fourth-order valence-corrected chi connectivity index (χ4v) is 2.51. The number of aryl methyl sites for hydroxylation is 1. The Morgan fingerprint density at radius 3 is 2.76 bits per heavy atom. The first kappa shape index (κ1) is 15.2. The summed E-state index contributed by atoms with van der Waals surface area (Å²) in [5.74, 6) is -0.343. The molecule has 0 radical (unpaired) electrons. The van der Waals surface area contributed by atoms with Gasteiger partial charge < -0.3 is 4.74 Å². The molecule has 110 valence electrons. The van der Waals surface area contributed by atoms with Gasteiger partial charge in [0, 0.05) is 0 Å². The van der Waals surface area contributed by atoms with Gasteiger partial charge in [-0.1, -0.05) is 41.7 Å². The average molecular weight is 303 g/mol. The number of hydrogen-bond donors (Lipinski definition) is 1. The largest absolute Gasteiger partial charge is 0.462 e. The maximum absolute atomic E-state index is 11.7. The molecule has 0 bridgehead atoms. The number of aromatic nitrogens is 1. The van der Waals surface area contributed by atoms with Gasteiger partial charge in [0.25, 0.3) is 0 Å². The van der Waals surface area contributed by atoms with Crippen molar-refractivity contribution in [3.05, 3.63) is 46.5 Å². The van der Waals surface area contributed by atoms with Gasteiger partial charge in [0.2, 0.25) is 5.13 Å². The predicted molar refractivity (Wildman–Crippen MR) is 85.1 cm³/mol.